The molecule has 2 aromatic rings. The van der Waals surface area contributed by atoms with Crippen LogP contribution in [0.2, 0.25) is 10.0 Å². The van der Waals surface area contributed by atoms with Gasteiger partial charge in [0.15, 0.2) is 0 Å². The molecule has 2 heterocycles. The summed E-state index contributed by atoms with van der Waals surface area (Å²) in [5.41, 5.74) is 0.454. The van der Waals surface area contributed by atoms with Gasteiger partial charge in [0.05, 0.1) is 16.0 Å². The zero-order valence-electron chi connectivity index (χ0n) is 14.3. The second kappa shape index (κ2) is 7.25. The van der Waals surface area contributed by atoms with Crippen molar-refractivity contribution in [3.8, 4) is 5.69 Å². The van der Waals surface area contributed by atoms with E-state index in [0.29, 0.717) is 34.4 Å². The van der Waals surface area contributed by atoms with Gasteiger partial charge in [-0.25, -0.2) is 9.67 Å². The third-order valence-electron chi connectivity index (χ3n) is 4.60. The molecule has 1 aliphatic heterocycles. The topological polar surface area (TPSA) is 88.3 Å². The first-order chi connectivity index (χ1) is 12.3. The molecule has 1 aromatic carbocycles. The summed E-state index contributed by atoms with van der Waals surface area (Å²) in [5, 5.41) is 14.3. The number of rotatable bonds is 3. The van der Waals surface area contributed by atoms with Crippen molar-refractivity contribution in [2.75, 3.05) is 6.54 Å². The van der Waals surface area contributed by atoms with Crippen LogP contribution < -0.4 is 0 Å². The molecule has 0 saturated carbocycles. The van der Waals surface area contributed by atoms with Gasteiger partial charge in [-0.2, -0.15) is 0 Å². The molecule has 0 radical (unpaired) electrons. The largest absolute Gasteiger partial charge is 0.481 e. The van der Waals surface area contributed by atoms with E-state index in [-0.39, 0.29) is 18.4 Å². The fourth-order valence-electron chi connectivity index (χ4n) is 3.10. The van der Waals surface area contributed by atoms with Crippen LogP contribution in [0.4, 0.5) is 0 Å². The maximum absolute atomic E-state index is 12.9. The summed E-state index contributed by atoms with van der Waals surface area (Å²) in [5.74, 6) is -1.41. The molecule has 1 aliphatic rings. The fourth-order valence-corrected chi connectivity index (χ4v) is 3.66. The lowest BCUT2D eigenvalue weighted by atomic mass is 9.93. The number of aryl methyl sites for hydroxylation is 1. The van der Waals surface area contributed by atoms with Crippen LogP contribution >= 0.6 is 23.2 Å². The zero-order chi connectivity index (χ0) is 19.0. The molecule has 0 spiro atoms. The van der Waals surface area contributed by atoms with Gasteiger partial charge in [0, 0.05) is 12.6 Å². The number of halogens is 2. The van der Waals surface area contributed by atoms with Crippen molar-refractivity contribution in [2.45, 2.75) is 32.7 Å². The number of hydrogen-bond donors (Lipinski definition) is 1. The van der Waals surface area contributed by atoms with Crippen LogP contribution in [0.5, 0.6) is 0 Å². The Morgan fingerprint density at radius 1 is 1.23 bits per heavy atom. The van der Waals surface area contributed by atoms with Gasteiger partial charge in [0.1, 0.15) is 11.5 Å². The summed E-state index contributed by atoms with van der Waals surface area (Å²) in [4.78, 5) is 29.9. The highest BCUT2D eigenvalue weighted by atomic mass is 35.5. The summed E-state index contributed by atoms with van der Waals surface area (Å²) in [7, 11) is 0. The Hall–Kier alpha value is -2.12. The van der Waals surface area contributed by atoms with E-state index >= 15 is 0 Å². The number of carboxylic acid groups (broad SMARTS) is 1. The average molecular weight is 397 g/mol. The van der Waals surface area contributed by atoms with E-state index in [4.69, 9.17) is 23.2 Å². The van der Waals surface area contributed by atoms with Crippen molar-refractivity contribution in [3.63, 3.8) is 0 Å². The number of carbonyl (C=O) groups excluding carboxylic acids is 1. The second-order valence-corrected chi connectivity index (χ2v) is 7.20. The molecule has 0 aliphatic carbocycles. The minimum Gasteiger partial charge on any atom is -0.481 e. The van der Waals surface area contributed by atoms with Crippen LogP contribution in [0, 0.1) is 12.8 Å². The number of carbonyl (C=O) groups is 2. The molecule has 1 amide bonds. The number of aromatic nitrogens is 3. The maximum atomic E-state index is 12.9. The molecule has 1 saturated heterocycles. The van der Waals surface area contributed by atoms with E-state index < -0.39 is 17.8 Å². The molecule has 1 N–H and O–H groups in total. The predicted molar refractivity (Wildman–Crippen MR) is 97.0 cm³/mol. The van der Waals surface area contributed by atoms with Crippen molar-refractivity contribution in [1.82, 2.24) is 19.7 Å². The highest BCUT2D eigenvalue weighted by Crippen LogP contribution is 2.29. The Bertz CT molecular complexity index is 847. The summed E-state index contributed by atoms with van der Waals surface area (Å²) in [6.45, 7) is 3.74. The van der Waals surface area contributed by atoms with E-state index in [0.717, 1.165) is 0 Å². The third kappa shape index (κ3) is 3.41. The lowest BCUT2D eigenvalue weighted by Gasteiger charge is -2.35. The molecule has 2 unspecified atom stereocenters. The van der Waals surface area contributed by atoms with Gasteiger partial charge in [-0.05, 0) is 38.8 Å². The number of aliphatic carboxylic acids is 1. The number of carboxylic acids is 1. The molecule has 9 heteroatoms. The van der Waals surface area contributed by atoms with Gasteiger partial charge in [-0.15, -0.1) is 5.10 Å². The summed E-state index contributed by atoms with van der Waals surface area (Å²) in [6.07, 6.45) is 1.18. The summed E-state index contributed by atoms with van der Waals surface area (Å²) < 4.78 is 1.43. The van der Waals surface area contributed by atoms with Gasteiger partial charge in [-0.3, -0.25) is 9.59 Å². The van der Waals surface area contributed by atoms with Gasteiger partial charge >= 0.3 is 5.97 Å². The minimum atomic E-state index is -0.896. The van der Waals surface area contributed by atoms with E-state index in [1.54, 1.807) is 25.1 Å². The molecule has 7 nitrogen and oxygen atoms in total. The van der Waals surface area contributed by atoms with Crippen molar-refractivity contribution < 1.29 is 14.7 Å². The first-order valence-electron chi connectivity index (χ1n) is 8.21. The Labute approximate surface area is 160 Å². The number of nitrogens with zero attached hydrogens (tertiary/aromatic N) is 4. The SMILES string of the molecule is Cc1nc(C(=O)N2CC(C(=O)O)CCC2C)nn1-c1c(Cl)cccc1Cl. The standard InChI is InChI=1S/C17H18Cl2N4O3/c1-9-6-7-11(17(25)26)8-22(9)16(24)15-20-10(2)23(21-15)14-12(18)4-3-5-13(14)19/h3-5,9,11H,6-8H2,1-2H3,(H,25,26). The van der Waals surface area contributed by atoms with Crippen molar-refractivity contribution in [1.29, 1.82) is 0 Å². The second-order valence-electron chi connectivity index (χ2n) is 6.38. The number of amides is 1. The zero-order valence-corrected chi connectivity index (χ0v) is 15.8. The smallest absolute Gasteiger partial charge is 0.308 e. The first-order valence-corrected chi connectivity index (χ1v) is 8.97. The predicted octanol–water partition coefficient (Wildman–Crippen LogP) is 3.21. The maximum Gasteiger partial charge on any atom is 0.308 e. The van der Waals surface area contributed by atoms with E-state index in [2.05, 4.69) is 10.1 Å². The van der Waals surface area contributed by atoms with E-state index in [1.165, 1.54) is 9.58 Å². The molecule has 1 fully saturated rings. The number of para-hydroxylation sites is 1. The Kier molecular flexibility index (Phi) is 5.20. The van der Waals surface area contributed by atoms with E-state index in [9.17, 15) is 14.7 Å². The average Bonchev–Trinajstić information content (AvgIpc) is 2.96. The number of piperidine rings is 1. The first kappa shape index (κ1) is 18.7. The molecular weight excluding hydrogens is 379 g/mol. The van der Waals surface area contributed by atoms with Gasteiger partial charge in [0.2, 0.25) is 5.82 Å². The quantitative estimate of drug-likeness (QED) is 0.859. The normalized spacial score (nSPS) is 20.2. The lowest BCUT2D eigenvalue weighted by Crippen LogP contribution is -2.47. The summed E-state index contributed by atoms with van der Waals surface area (Å²) >= 11 is 12.4. The Morgan fingerprint density at radius 3 is 2.50 bits per heavy atom. The van der Waals surface area contributed by atoms with Crippen LogP contribution in [0.3, 0.4) is 0 Å². The molecule has 0 bridgehead atoms. The molecule has 2 atom stereocenters. The van der Waals surface area contributed by atoms with Gasteiger partial charge in [0.25, 0.3) is 5.91 Å². The molecular formula is C17H18Cl2N4O3. The van der Waals surface area contributed by atoms with Crippen molar-refractivity contribution in [2.24, 2.45) is 5.92 Å². The minimum absolute atomic E-state index is 0.00336. The highest BCUT2D eigenvalue weighted by Gasteiger charge is 2.34. The highest BCUT2D eigenvalue weighted by molar-refractivity contribution is 6.37. The van der Waals surface area contributed by atoms with Crippen LogP contribution in [0.15, 0.2) is 18.2 Å². The van der Waals surface area contributed by atoms with E-state index in [1.807, 2.05) is 6.92 Å². The van der Waals surface area contributed by atoms with Crippen LogP contribution in [-0.2, 0) is 4.79 Å². The Morgan fingerprint density at radius 2 is 1.88 bits per heavy atom. The third-order valence-corrected chi connectivity index (χ3v) is 5.21. The van der Waals surface area contributed by atoms with Gasteiger partial charge in [-0.1, -0.05) is 29.3 Å². The molecule has 3 rings (SSSR count). The monoisotopic (exact) mass is 396 g/mol. The number of benzene rings is 1. The molecule has 26 heavy (non-hydrogen) atoms. The molecule has 1 aromatic heterocycles. The molecule has 138 valence electrons. The summed E-state index contributed by atoms with van der Waals surface area (Å²) in [6, 6.07) is 4.99. The van der Waals surface area contributed by atoms with Crippen molar-refractivity contribution >= 4 is 35.1 Å². The number of hydrogen-bond acceptors (Lipinski definition) is 4. The fraction of sp³-hybridized carbons (Fsp3) is 0.412. The van der Waals surface area contributed by atoms with Gasteiger partial charge < -0.3 is 10.0 Å². The van der Waals surface area contributed by atoms with Crippen LogP contribution in [0.1, 0.15) is 36.2 Å². The lowest BCUT2D eigenvalue weighted by molar-refractivity contribution is -0.143. The van der Waals surface area contributed by atoms with Crippen LogP contribution in [0.25, 0.3) is 5.69 Å². The van der Waals surface area contributed by atoms with Crippen LogP contribution in [-0.4, -0.2) is 49.2 Å². The van der Waals surface area contributed by atoms with Crippen molar-refractivity contribution in [3.05, 3.63) is 39.9 Å². The number of likely N-dealkylation sites (tertiary alicyclic amines) is 1. The Balaban J connectivity index is 1.93.